The normalized spacial score (nSPS) is 10.5. The second-order valence-corrected chi connectivity index (χ2v) is 5.71. The van der Waals surface area contributed by atoms with Gasteiger partial charge in [-0.1, -0.05) is 37.3 Å². The van der Waals surface area contributed by atoms with E-state index in [0.717, 1.165) is 12.0 Å². The summed E-state index contributed by atoms with van der Waals surface area (Å²) in [7, 11) is 0. The van der Waals surface area contributed by atoms with E-state index >= 15 is 0 Å². The van der Waals surface area contributed by atoms with Gasteiger partial charge < -0.3 is 9.47 Å². The molecule has 0 N–H and O–H groups in total. The minimum atomic E-state index is -0.228. The summed E-state index contributed by atoms with van der Waals surface area (Å²) in [5.74, 6) is 1.39. The number of hydrogen-bond acceptors (Lipinski definition) is 4. The highest BCUT2D eigenvalue weighted by molar-refractivity contribution is 5.93. The number of carbonyl (C=O) groups is 1. The number of carbonyl (C=O) groups excluding carboxylic acids is 1. The molecular formula is C21H24N2O3. The molecule has 2 aromatic rings. The first-order valence-electron chi connectivity index (χ1n) is 8.50. The number of anilines is 1. The molecule has 0 aliphatic heterocycles. The van der Waals surface area contributed by atoms with Crippen molar-refractivity contribution >= 4 is 11.7 Å². The number of nitrogens with zero attached hydrogens (tertiary/aromatic N) is 2. The quantitative estimate of drug-likeness (QED) is 0.633. The smallest absolute Gasteiger partial charge is 0.266 e. The van der Waals surface area contributed by atoms with Crippen LogP contribution in [0, 0.1) is 6.92 Å². The van der Waals surface area contributed by atoms with Crippen molar-refractivity contribution in [2.75, 3.05) is 18.1 Å². The van der Waals surface area contributed by atoms with Gasteiger partial charge in [0, 0.05) is 6.20 Å². The van der Waals surface area contributed by atoms with E-state index in [0.29, 0.717) is 17.3 Å². The minimum absolute atomic E-state index is 0.0995. The Balaban J connectivity index is 2.04. The van der Waals surface area contributed by atoms with Gasteiger partial charge in [0.05, 0.1) is 12.8 Å². The van der Waals surface area contributed by atoms with Crippen LogP contribution < -0.4 is 9.64 Å². The Morgan fingerprint density at radius 2 is 2.00 bits per heavy atom. The molecular weight excluding hydrogens is 328 g/mol. The molecule has 26 heavy (non-hydrogen) atoms. The third-order valence-electron chi connectivity index (χ3n) is 3.51. The lowest BCUT2D eigenvalue weighted by Gasteiger charge is -2.22. The lowest BCUT2D eigenvalue weighted by Crippen LogP contribution is -2.37. The van der Waals surface area contributed by atoms with E-state index in [4.69, 9.17) is 9.47 Å². The van der Waals surface area contributed by atoms with Crippen LogP contribution >= 0.6 is 0 Å². The predicted molar refractivity (Wildman–Crippen MR) is 103 cm³/mol. The molecule has 0 saturated heterocycles. The van der Waals surface area contributed by atoms with Crippen molar-refractivity contribution in [2.45, 2.75) is 20.3 Å². The zero-order valence-corrected chi connectivity index (χ0v) is 15.2. The Morgan fingerprint density at radius 3 is 2.65 bits per heavy atom. The van der Waals surface area contributed by atoms with Crippen molar-refractivity contribution in [3.63, 3.8) is 0 Å². The highest BCUT2D eigenvalue weighted by Gasteiger charge is 2.19. The monoisotopic (exact) mass is 352 g/mol. The molecule has 1 aromatic heterocycles. The van der Waals surface area contributed by atoms with Gasteiger partial charge in [0.25, 0.3) is 5.91 Å². The summed E-state index contributed by atoms with van der Waals surface area (Å²) in [6.45, 7) is 7.97. The Kier molecular flexibility index (Phi) is 7.43. The van der Waals surface area contributed by atoms with E-state index in [1.54, 1.807) is 24.6 Å². The van der Waals surface area contributed by atoms with Gasteiger partial charge in [-0.3, -0.25) is 9.69 Å². The van der Waals surface area contributed by atoms with Crippen LogP contribution in [0.3, 0.4) is 0 Å². The first kappa shape index (κ1) is 19.2. The molecule has 1 aromatic carbocycles. The van der Waals surface area contributed by atoms with Gasteiger partial charge in [0.1, 0.15) is 17.3 Å². The van der Waals surface area contributed by atoms with Crippen molar-refractivity contribution in [1.82, 2.24) is 4.98 Å². The predicted octanol–water partition coefficient (Wildman–Crippen LogP) is 4.26. The molecule has 1 amide bonds. The molecule has 2 rings (SSSR count). The van der Waals surface area contributed by atoms with Crippen molar-refractivity contribution in [2.24, 2.45) is 0 Å². The number of allylic oxidation sites excluding steroid dienone is 1. The molecule has 0 bridgehead atoms. The van der Waals surface area contributed by atoms with E-state index in [1.165, 1.54) is 4.90 Å². The molecule has 0 unspecified atom stereocenters. The van der Waals surface area contributed by atoms with Gasteiger partial charge in [-0.05, 0) is 43.7 Å². The lowest BCUT2D eigenvalue weighted by atomic mass is 10.2. The SMILES string of the molecule is C=C(CN(C(=O)COc1ccc(C)cc1)c1ccccn1)OC=CCC. The minimum Gasteiger partial charge on any atom is -0.484 e. The lowest BCUT2D eigenvalue weighted by molar-refractivity contribution is -0.120. The fourth-order valence-electron chi connectivity index (χ4n) is 2.12. The summed E-state index contributed by atoms with van der Waals surface area (Å²) in [6, 6.07) is 12.9. The zero-order chi connectivity index (χ0) is 18.8. The molecule has 136 valence electrons. The first-order chi connectivity index (χ1) is 12.6. The average molecular weight is 352 g/mol. The number of aryl methyl sites for hydroxylation is 1. The fourth-order valence-corrected chi connectivity index (χ4v) is 2.12. The summed E-state index contributed by atoms with van der Waals surface area (Å²) >= 11 is 0. The first-order valence-corrected chi connectivity index (χ1v) is 8.50. The van der Waals surface area contributed by atoms with Gasteiger partial charge in [-0.15, -0.1) is 0 Å². The molecule has 1 heterocycles. The van der Waals surface area contributed by atoms with Crippen LogP contribution in [0.25, 0.3) is 0 Å². The summed E-state index contributed by atoms with van der Waals surface area (Å²) in [4.78, 5) is 18.4. The van der Waals surface area contributed by atoms with E-state index in [1.807, 2.05) is 50.3 Å². The highest BCUT2D eigenvalue weighted by atomic mass is 16.5. The number of pyridine rings is 1. The van der Waals surface area contributed by atoms with Crippen molar-refractivity contribution in [3.8, 4) is 5.75 Å². The van der Waals surface area contributed by atoms with E-state index in [-0.39, 0.29) is 19.1 Å². The summed E-state index contributed by atoms with van der Waals surface area (Å²) in [6.07, 6.45) is 5.95. The molecule has 0 radical (unpaired) electrons. The third kappa shape index (κ3) is 6.09. The molecule has 0 atom stereocenters. The maximum absolute atomic E-state index is 12.7. The number of aromatic nitrogens is 1. The van der Waals surface area contributed by atoms with E-state index in [9.17, 15) is 4.79 Å². The second kappa shape index (κ2) is 10.0. The van der Waals surface area contributed by atoms with Crippen LogP contribution in [0.4, 0.5) is 5.82 Å². The largest absolute Gasteiger partial charge is 0.484 e. The van der Waals surface area contributed by atoms with Crippen molar-refractivity contribution in [1.29, 1.82) is 0 Å². The fraction of sp³-hybridized carbons (Fsp3) is 0.238. The van der Waals surface area contributed by atoms with Gasteiger partial charge >= 0.3 is 0 Å². The number of rotatable bonds is 9. The van der Waals surface area contributed by atoms with Gasteiger partial charge in [-0.2, -0.15) is 0 Å². The van der Waals surface area contributed by atoms with Crippen LogP contribution in [0.15, 0.2) is 73.3 Å². The Bertz CT molecular complexity index is 740. The molecule has 0 aliphatic carbocycles. The van der Waals surface area contributed by atoms with E-state index < -0.39 is 0 Å². The molecule has 5 heteroatoms. The van der Waals surface area contributed by atoms with Gasteiger partial charge in [0.2, 0.25) is 0 Å². The molecule has 0 saturated carbocycles. The summed E-state index contributed by atoms with van der Waals surface area (Å²) < 4.78 is 11.0. The average Bonchev–Trinajstić information content (AvgIpc) is 2.66. The molecule has 5 nitrogen and oxygen atoms in total. The van der Waals surface area contributed by atoms with Crippen LogP contribution in [-0.2, 0) is 9.53 Å². The maximum Gasteiger partial charge on any atom is 0.266 e. The number of benzene rings is 1. The molecule has 0 spiro atoms. The highest BCUT2D eigenvalue weighted by Crippen LogP contribution is 2.15. The van der Waals surface area contributed by atoms with Crippen LogP contribution in [0.1, 0.15) is 18.9 Å². The standard InChI is InChI=1S/C21H24N2O3/c1-4-5-14-25-18(3)15-23(20-8-6-7-13-22-20)21(24)16-26-19-11-9-17(2)10-12-19/h5-14H,3-4,15-16H2,1-2H3. The summed E-state index contributed by atoms with van der Waals surface area (Å²) in [5, 5.41) is 0. The van der Waals surface area contributed by atoms with Crippen molar-refractivity contribution in [3.05, 3.63) is 78.9 Å². The second-order valence-electron chi connectivity index (χ2n) is 5.71. The number of hydrogen-bond donors (Lipinski definition) is 0. The van der Waals surface area contributed by atoms with Gasteiger partial charge in [-0.25, -0.2) is 4.98 Å². The van der Waals surface area contributed by atoms with Crippen molar-refractivity contribution < 1.29 is 14.3 Å². The van der Waals surface area contributed by atoms with Crippen LogP contribution in [0.2, 0.25) is 0 Å². The van der Waals surface area contributed by atoms with Gasteiger partial charge in [0.15, 0.2) is 6.61 Å². The van der Waals surface area contributed by atoms with Crippen LogP contribution in [0.5, 0.6) is 5.75 Å². The van der Waals surface area contributed by atoms with Crippen LogP contribution in [-0.4, -0.2) is 24.0 Å². The zero-order valence-electron chi connectivity index (χ0n) is 15.2. The third-order valence-corrected chi connectivity index (χ3v) is 3.51. The molecule has 0 fully saturated rings. The number of ether oxygens (including phenoxy) is 2. The topological polar surface area (TPSA) is 51.7 Å². The Hall–Kier alpha value is -3.08. The molecule has 0 aliphatic rings. The summed E-state index contributed by atoms with van der Waals surface area (Å²) in [5.41, 5.74) is 1.13. The van der Waals surface area contributed by atoms with E-state index in [2.05, 4.69) is 11.6 Å². The number of amides is 1. The Morgan fingerprint density at radius 1 is 1.23 bits per heavy atom. The maximum atomic E-state index is 12.7. The Labute approximate surface area is 154 Å².